The van der Waals surface area contributed by atoms with Crippen LogP contribution in [0.3, 0.4) is 0 Å². The summed E-state index contributed by atoms with van der Waals surface area (Å²) in [6.07, 6.45) is 0. The zero-order valence-corrected chi connectivity index (χ0v) is 20.6. The van der Waals surface area contributed by atoms with E-state index in [1.165, 1.54) is 5.56 Å². The molecule has 2 heterocycles. The molecule has 0 aliphatic carbocycles. The fourth-order valence-corrected chi connectivity index (χ4v) is 4.54. The zero-order chi connectivity index (χ0) is 24.2. The smallest absolute Gasteiger partial charge is 0.128 e. The van der Waals surface area contributed by atoms with E-state index in [0.29, 0.717) is 13.2 Å². The van der Waals surface area contributed by atoms with Crippen LogP contribution in [0, 0.1) is 20.8 Å². The molecule has 2 N–H and O–H groups in total. The average molecular weight is 469 g/mol. The molecule has 0 radical (unpaired) electrons. The Hall–Kier alpha value is -3.80. The maximum absolute atomic E-state index is 6.18. The number of aliphatic imine (C=N–C) groups is 2. The molecule has 0 bridgehead atoms. The minimum Gasteiger partial charge on any atom is -0.489 e. The van der Waals surface area contributed by atoms with E-state index >= 15 is 0 Å². The average Bonchev–Trinajstić information content (AvgIpc) is 3.57. The lowest BCUT2D eigenvalue weighted by molar-refractivity contribution is 0.297. The summed E-state index contributed by atoms with van der Waals surface area (Å²) in [6, 6.07) is 19.0. The molecule has 0 atom stereocenters. The summed E-state index contributed by atoms with van der Waals surface area (Å²) < 4.78 is 12.4. The van der Waals surface area contributed by atoms with Crippen LogP contribution in [-0.2, 0) is 13.2 Å². The normalized spacial score (nSPS) is 14.7. The Morgan fingerprint density at radius 2 is 1.14 bits per heavy atom. The van der Waals surface area contributed by atoms with Crippen molar-refractivity contribution in [1.82, 2.24) is 10.6 Å². The van der Waals surface area contributed by atoms with Crippen LogP contribution < -0.4 is 20.1 Å². The summed E-state index contributed by atoms with van der Waals surface area (Å²) in [5.74, 6) is 3.72. The summed E-state index contributed by atoms with van der Waals surface area (Å²) in [6.45, 7) is 10.8. The number of nitrogens with zero attached hydrogens (tertiary/aromatic N) is 2. The molecule has 0 saturated carbocycles. The SMILES string of the molecule is Cc1cc(COc2ccc(C3=NCCN3)cc2C)cc(COc2ccc(C3=NCCN3)cc2C)c1. The van der Waals surface area contributed by atoms with Crippen molar-refractivity contribution in [2.75, 3.05) is 26.2 Å². The van der Waals surface area contributed by atoms with Crippen molar-refractivity contribution in [3.8, 4) is 11.5 Å². The largest absolute Gasteiger partial charge is 0.489 e. The van der Waals surface area contributed by atoms with Crippen molar-refractivity contribution in [1.29, 1.82) is 0 Å². The van der Waals surface area contributed by atoms with Crippen molar-refractivity contribution in [3.63, 3.8) is 0 Å². The van der Waals surface area contributed by atoms with Crippen molar-refractivity contribution in [3.05, 3.63) is 93.5 Å². The molecule has 6 heteroatoms. The van der Waals surface area contributed by atoms with Crippen molar-refractivity contribution in [2.24, 2.45) is 9.98 Å². The van der Waals surface area contributed by atoms with Crippen LogP contribution in [0.5, 0.6) is 11.5 Å². The first-order valence-corrected chi connectivity index (χ1v) is 12.2. The molecule has 180 valence electrons. The molecule has 2 aliphatic heterocycles. The fourth-order valence-electron chi connectivity index (χ4n) is 4.54. The van der Waals surface area contributed by atoms with Crippen LogP contribution in [0.15, 0.2) is 64.6 Å². The van der Waals surface area contributed by atoms with Gasteiger partial charge in [0.15, 0.2) is 0 Å². The molecule has 0 spiro atoms. The van der Waals surface area contributed by atoms with Gasteiger partial charge in [0.2, 0.25) is 0 Å². The van der Waals surface area contributed by atoms with Gasteiger partial charge in [0.05, 0.1) is 13.1 Å². The van der Waals surface area contributed by atoms with Crippen molar-refractivity contribution >= 4 is 11.7 Å². The summed E-state index contributed by atoms with van der Waals surface area (Å²) in [4.78, 5) is 9.00. The maximum atomic E-state index is 6.18. The van der Waals surface area contributed by atoms with E-state index < -0.39 is 0 Å². The Balaban J connectivity index is 1.22. The lowest BCUT2D eigenvalue weighted by Gasteiger charge is -2.14. The third-order valence-electron chi connectivity index (χ3n) is 6.23. The first-order valence-electron chi connectivity index (χ1n) is 12.2. The second kappa shape index (κ2) is 10.2. The number of benzene rings is 3. The highest BCUT2D eigenvalue weighted by Crippen LogP contribution is 2.24. The second-order valence-corrected chi connectivity index (χ2v) is 9.18. The third kappa shape index (κ3) is 5.48. The van der Waals surface area contributed by atoms with Gasteiger partial charge in [0.25, 0.3) is 0 Å². The molecule has 0 fully saturated rings. The second-order valence-electron chi connectivity index (χ2n) is 9.18. The standard InChI is InChI=1S/C29H32N4O2/c1-19-12-22(17-34-26-6-4-24(14-20(26)2)28-30-8-9-31-28)16-23(13-19)18-35-27-7-5-25(15-21(27)3)29-32-10-11-33-29/h4-7,12-16H,8-11,17-18H2,1-3H3,(H,30,31)(H,32,33). The summed E-state index contributed by atoms with van der Waals surface area (Å²) >= 11 is 0. The Morgan fingerprint density at radius 1 is 0.657 bits per heavy atom. The fraction of sp³-hybridized carbons (Fsp3) is 0.310. The van der Waals surface area contributed by atoms with E-state index in [2.05, 4.69) is 83.9 Å². The van der Waals surface area contributed by atoms with Gasteiger partial charge in [0.1, 0.15) is 36.4 Å². The monoisotopic (exact) mass is 468 g/mol. The third-order valence-corrected chi connectivity index (χ3v) is 6.23. The lowest BCUT2D eigenvalue weighted by atomic mass is 10.1. The van der Waals surface area contributed by atoms with Gasteiger partial charge < -0.3 is 20.1 Å². The first-order chi connectivity index (χ1) is 17.0. The predicted molar refractivity (Wildman–Crippen MR) is 141 cm³/mol. The van der Waals surface area contributed by atoms with Crippen LogP contribution in [0.2, 0.25) is 0 Å². The Bertz CT molecular complexity index is 1200. The van der Waals surface area contributed by atoms with Gasteiger partial charge in [-0.2, -0.15) is 0 Å². The zero-order valence-electron chi connectivity index (χ0n) is 20.6. The van der Waals surface area contributed by atoms with Gasteiger partial charge in [-0.15, -0.1) is 0 Å². The van der Waals surface area contributed by atoms with E-state index in [4.69, 9.17) is 9.47 Å². The maximum Gasteiger partial charge on any atom is 0.128 e. The lowest BCUT2D eigenvalue weighted by Crippen LogP contribution is -2.19. The number of ether oxygens (including phenoxy) is 2. The molecular formula is C29H32N4O2. The molecule has 5 rings (SSSR count). The van der Waals surface area contributed by atoms with Crippen molar-refractivity contribution in [2.45, 2.75) is 34.0 Å². The molecule has 6 nitrogen and oxygen atoms in total. The van der Waals surface area contributed by atoms with Crippen LogP contribution in [0.25, 0.3) is 0 Å². The number of nitrogens with one attached hydrogen (secondary N) is 2. The van der Waals surface area contributed by atoms with Gasteiger partial charge in [-0.1, -0.05) is 17.7 Å². The first kappa shape index (κ1) is 23.0. The molecule has 35 heavy (non-hydrogen) atoms. The van der Waals surface area contributed by atoms with E-state index in [1.807, 2.05) is 12.1 Å². The summed E-state index contributed by atoms with van der Waals surface area (Å²) in [7, 11) is 0. The Labute approximate surface area is 207 Å². The molecule has 3 aromatic carbocycles. The molecule has 0 amide bonds. The molecular weight excluding hydrogens is 436 g/mol. The molecule has 0 unspecified atom stereocenters. The van der Waals surface area contributed by atoms with E-state index in [-0.39, 0.29) is 0 Å². The quantitative estimate of drug-likeness (QED) is 0.512. The van der Waals surface area contributed by atoms with Crippen LogP contribution in [0.1, 0.15) is 38.9 Å². The number of amidine groups is 2. The highest BCUT2D eigenvalue weighted by molar-refractivity contribution is 6.00. The van der Waals surface area contributed by atoms with Gasteiger partial charge in [-0.25, -0.2) is 0 Å². The Morgan fingerprint density at radius 3 is 1.54 bits per heavy atom. The molecule has 0 aromatic heterocycles. The summed E-state index contributed by atoms with van der Waals surface area (Å²) in [5, 5.41) is 6.64. The number of hydrogen-bond donors (Lipinski definition) is 2. The van der Waals surface area contributed by atoms with E-state index in [1.54, 1.807) is 0 Å². The van der Waals surface area contributed by atoms with E-state index in [0.717, 1.165) is 82.7 Å². The molecule has 0 saturated heterocycles. The highest BCUT2D eigenvalue weighted by Gasteiger charge is 2.12. The predicted octanol–water partition coefficient (Wildman–Crippen LogP) is 4.47. The summed E-state index contributed by atoms with van der Waals surface area (Å²) in [5.41, 5.74) is 7.88. The van der Waals surface area contributed by atoms with Crippen molar-refractivity contribution < 1.29 is 9.47 Å². The highest BCUT2D eigenvalue weighted by atomic mass is 16.5. The van der Waals surface area contributed by atoms with Gasteiger partial charge >= 0.3 is 0 Å². The van der Waals surface area contributed by atoms with E-state index in [9.17, 15) is 0 Å². The minimum absolute atomic E-state index is 0.511. The number of hydrogen-bond acceptors (Lipinski definition) is 6. The van der Waals surface area contributed by atoms with Gasteiger partial charge in [0, 0.05) is 24.2 Å². The topological polar surface area (TPSA) is 67.2 Å². The van der Waals surface area contributed by atoms with Gasteiger partial charge in [-0.3, -0.25) is 9.98 Å². The number of aryl methyl sites for hydroxylation is 3. The Kier molecular flexibility index (Phi) is 6.70. The van der Waals surface area contributed by atoms with Gasteiger partial charge in [-0.05, 0) is 85.5 Å². The van der Waals surface area contributed by atoms with Crippen LogP contribution in [-0.4, -0.2) is 37.9 Å². The molecule has 2 aliphatic rings. The van der Waals surface area contributed by atoms with Crippen LogP contribution in [0.4, 0.5) is 0 Å². The minimum atomic E-state index is 0.511. The number of rotatable bonds is 8. The van der Waals surface area contributed by atoms with Crippen LogP contribution >= 0.6 is 0 Å². The molecule has 3 aromatic rings.